The van der Waals surface area contributed by atoms with Crippen molar-refractivity contribution in [1.29, 1.82) is 0 Å². The Balaban J connectivity index is 1.14. The van der Waals surface area contributed by atoms with Gasteiger partial charge in [0.15, 0.2) is 11.2 Å². The molecule has 12 rings (SSSR count). The molecular formula is C47H26N4O3. The number of aromatic nitrogens is 4. The molecule has 7 heteroatoms. The second-order valence-electron chi connectivity index (χ2n) is 13.9. The molecule has 0 atom stereocenters. The normalized spacial score (nSPS) is 13.5. The zero-order chi connectivity index (χ0) is 35.4. The molecule has 2 aliphatic rings. The summed E-state index contributed by atoms with van der Waals surface area (Å²) in [4.78, 5) is 18.1. The predicted molar refractivity (Wildman–Crippen MR) is 208 cm³/mol. The first-order valence-corrected chi connectivity index (χ1v) is 17.8. The number of nitrogens with zero attached hydrogens (tertiary/aromatic N) is 4. The number of oxazole rings is 2. The third-order valence-corrected chi connectivity index (χ3v) is 10.9. The topological polar surface area (TPSA) is 87.1 Å². The van der Waals surface area contributed by atoms with E-state index in [2.05, 4.69) is 113 Å². The van der Waals surface area contributed by atoms with Crippen LogP contribution in [0.3, 0.4) is 0 Å². The zero-order valence-electron chi connectivity index (χ0n) is 28.5. The van der Waals surface area contributed by atoms with Gasteiger partial charge < -0.3 is 13.6 Å². The Morgan fingerprint density at radius 1 is 0.426 bits per heavy atom. The van der Waals surface area contributed by atoms with Crippen molar-refractivity contribution >= 4 is 33.0 Å². The summed E-state index contributed by atoms with van der Waals surface area (Å²) in [6, 6.07) is 47.0. The van der Waals surface area contributed by atoms with Gasteiger partial charge in [0, 0.05) is 46.8 Å². The van der Waals surface area contributed by atoms with Gasteiger partial charge >= 0.3 is 0 Å². The first kappa shape index (κ1) is 29.2. The van der Waals surface area contributed by atoms with E-state index < -0.39 is 5.41 Å². The lowest BCUT2D eigenvalue weighted by Crippen LogP contribution is -2.32. The van der Waals surface area contributed by atoms with Crippen molar-refractivity contribution in [2.24, 2.45) is 0 Å². The monoisotopic (exact) mass is 694 g/mol. The van der Waals surface area contributed by atoms with Crippen LogP contribution in [0.1, 0.15) is 22.3 Å². The Bertz CT molecular complexity index is 2970. The third-order valence-electron chi connectivity index (χ3n) is 10.9. The van der Waals surface area contributed by atoms with Crippen molar-refractivity contribution < 1.29 is 13.6 Å². The van der Waals surface area contributed by atoms with Crippen molar-refractivity contribution in [3.05, 3.63) is 181 Å². The molecule has 10 aromatic rings. The summed E-state index contributed by atoms with van der Waals surface area (Å²) in [5.41, 5.74) is 12.8. The maximum atomic E-state index is 6.63. The Morgan fingerprint density at radius 3 is 1.61 bits per heavy atom. The second kappa shape index (κ2) is 10.8. The summed E-state index contributed by atoms with van der Waals surface area (Å²) in [7, 11) is 0. The first-order chi connectivity index (χ1) is 26.7. The number of ether oxygens (including phenoxy) is 1. The second-order valence-corrected chi connectivity index (χ2v) is 13.9. The molecule has 6 aromatic carbocycles. The van der Waals surface area contributed by atoms with Crippen molar-refractivity contribution in [2.45, 2.75) is 5.41 Å². The van der Waals surface area contributed by atoms with E-state index in [9.17, 15) is 0 Å². The Kier molecular flexibility index (Phi) is 5.86. The lowest BCUT2D eigenvalue weighted by molar-refractivity contribution is 0.436. The van der Waals surface area contributed by atoms with Gasteiger partial charge in [-0.05, 0) is 92.7 Å². The maximum Gasteiger partial charge on any atom is 0.227 e. The molecule has 252 valence electrons. The molecule has 4 aromatic heterocycles. The molecule has 0 saturated carbocycles. The van der Waals surface area contributed by atoms with E-state index >= 15 is 0 Å². The lowest BCUT2D eigenvalue weighted by atomic mass is 9.65. The first-order valence-electron chi connectivity index (χ1n) is 17.8. The van der Waals surface area contributed by atoms with E-state index in [1.807, 2.05) is 30.3 Å². The van der Waals surface area contributed by atoms with E-state index in [-0.39, 0.29) is 0 Å². The van der Waals surface area contributed by atoms with Gasteiger partial charge in [0.25, 0.3) is 0 Å². The Hall–Kier alpha value is -7.38. The van der Waals surface area contributed by atoms with Gasteiger partial charge in [-0.25, -0.2) is 9.97 Å². The number of benzene rings is 6. The highest BCUT2D eigenvalue weighted by molar-refractivity contribution is 5.98. The minimum Gasteiger partial charge on any atom is -0.457 e. The molecular weight excluding hydrogens is 669 g/mol. The fourth-order valence-electron chi connectivity index (χ4n) is 8.61. The van der Waals surface area contributed by atoms with Gasteiger partial charge in [0.05, 0.1) is 17.8 Å². The molecule has 1 aliphatic carbocycles. The fraction of sp³-hybridized carbons (Fsp3) is 0.0213. The molecule has 0 amide bonds. The van der Waals surface area contributed by atoms with E-state index in [1.165, 1.54) is 33.0 Å². The summed E-state index contributed by atoms with van der Waals surface area (Å²) in [6.45, 7) is 0. The van der Waals surface area contributed by atoms with Gasteiger partial charge in [-0.1, -0.05) is 72.8 Å². The summed E-state index contributed by atoms with van der Waals surface area (Å²) in [6.07, 6.45) is 6.84. The van der Waals surface area contributed by atoms with Crippen LogP contribution in [0.2, 0.25) is 0 Å². The molecule has 0 unspecified atom stereocenters. The summed E-state index contributed by atoms with van der Waals surface area (Å²) < 4.78 is 19.2. The van der Waals surface area contributed by atoms with Gasteiger partial charge in [0.2, 0.25) is 11.8 Å². The summed E-state index contributed by atoms with van der Waals surface area (Å²) in [5.74, 6) is 2.69. The number of para-hydroxylation sites is 2. The molecule has 0 fully saturated rings. The highest BCUT2D eigenvalue weighted by Gasteiger charge is 2.51. The average molecular weight is 695 g/mol. The van der Waals surface area contributed by atoms with Crippen LogP contribution in [-0.2, 0) is 5.41 Å². The standard InChI is InChI=1S/C47H26N4O3/c1-2-8-28-23-38-34(22-27(28)7-1)33-14-13-29(24-37(33)47(38)35-9-3-5-11-41(35)52-42-12-6-4-10-36(42)47)30-19-31(45-50-39-25-48-17-15-43(39)53-45)21-32(20-30)46-51-40-26-49-18-16-44(40)54-46/h1-26H. The largest absolute Gasteiger partial charge is 0.457 e. The zero-order valence-corrected chi connectivity index (χ0v) is 28.5. The number of hydrogen-bond acceptors (Lipinski definition) is 7. The quantitative estimate of drug-likeness (QED) is 0.182. The Morgan fingerprint density at radius 2 is 0.981 bits per heavy atom. The van der Waals surface area contributed by atoms with Gasteiger partial charge in [-0.15, -0.1) is 0 Å². The molecule has 7 nitrogen and oxygen atoms in total. The van der Waals surface area contributed by atoms with E-state index in [4.69, 9.17) is 23.5 Å². The number of rotatable bonds is 3. The van der Waals surface area contributed by atoms with Crippen LogP contribution in [0.25, 0.3) is 78.1 Å². The van der Waals surface area contributed by atoms with Crippen LogP contribution in [0, 0.1) is 0 Å². The molecule has 0 saturated heterocycles. The number of hydrogen-bond donors (Lipinski definition) is 0. The van der Waals surface area contributed by atoms with Crippen LogP contribution in [0.5, 0.6) is 11.5 Å². The molecule has 1 aliphatic heterocycles. The highest BCUT2D eigenvalue weighted by Crippen LogP contribution is 2.63. The van der Waals surface area contributed by atoms with Gasteiger partial charge in [-0.2, -0.15) is 0 Å². The molecule has 0 radical (unpaired) electrons. The van der Waals surface area contributed by atoms with Crippen molar-refractivity contribution in [3.8, 4) is 56.7 Å². The van der Waals surface area contributed by atoms with Crippen LogP contribution in [0.4, 0.5) is 0 Å². The van der Waals surface area contributed by atoms with Crippen molar-refractivity contribution in [3.63, 3.8) is 0 Å². The smallest absolute Gasteiger partial charge is 0.227 e. The highest BCUT2D eigenvalue weighted by atomic mass is 16.5. The maximum absolute atomic E-state index is 6.63. The van der Waals surface area contributed by atoms with Crippen LogP contribution >= 0.6 is 0 Å². The number of fused-ring (bicyclic) bond motifs is 12. The third kappa shape index (κ3) is 4.06. The van der Waals surface area contributed by atoms with E-state index in [0.717, 1.165) is 44.9 Å². The minimum atomic E-state index is -0.628. The van der Waals surface area contributed by atoms with E-state index in [0.29, 0.717) is 34.0 Å². The van der Waals surface area contributed by atoms with Crippen LogP contribution in [-0.4, -0.2) is 19.9 Å². The summed E-state index contributed by atoms with van der Waals surface area (Å²) >= 11 is 0. The van der Waals surface area contributed by atoms with Crippen LogP contribution < -0.4 is 4.74 Å². The van der Waals surface area contributed by atoms with Crippen molar-refractivity contribution in [2.75, 3.05) is 0 Å². The lowest BCUT2D eigenvalue weighted by Gasteiger charge is -2.39. The summed E-state index contributed by atoms with van der Waals surface area (Å²) in [5, 5.41) is 2.40. The van der Waals surface area contributed by atoms with Crippen LogP contribution in [0.15, 0.2) is 167 Å². The fourth-order valence-corrected chi connectivity index (χ4v) is 8.61. The molecule has 0 N–H and O–H groups in total. The number of pyridine rings is 2. The van der Waals surface area contributed by atoms with Crippen molar-refractivity contribution in [1.82, 2.24) is 19.9 Å². The molecule has 1 spiro atoms. The minimum absolute atomic E-state index is 0.489. The van der Waals surface area contributed by atoms with E-state index in [1.54, 1.807) is 24.8 Å². The Labute approximate surface area is 308 Å². The molecule has 54 heavy (non-hydrogen) atoms. The molecule has 0 bridgehead atoms. The van der Waals surface area contributed by atoms with Gasteiger partial charge in [0.1, 0.15) is 22.5 Å². The van der Waals surface area contributed by atoms with Gasteiger partial charge in [-0.3, -0.25) is 9.97 Å². The average Bonchev–Trinajstić information content (AvgIpc) is 3.94. The predicted octanol–water partition coefficient (Wildman–Crippen LogP) is 11.4. The SMILES string of the molecule is c1ccc2c(c1)Oc1ccccc1C21c2cc(-c3cc(-c4nc5cnccc5o4)cc(-c4nc5cnccc5o4)c3)ccc2-c2cc3ccccc3cc21. The molecule has 5 heterocycles.